The number of carbonyl (C=O) groups is 1. The Bertz CT molecular complexity index is 541. The maximum atomic E-state index is 10.5. The fourth-order valence-electron chi connectivity index (χ4n) is 1.39. The predicted molar refractivity (Wildman–Crippen MR) is 60.5 cm³/mol. The third-order valence-corrected chi connectivity index (χ3v) is 2.39. The Morgan fingerprint density at radius 2 is 2.29 bits per heavy atom. The van der Waals surface area contributed by atoms with E-state index in [1.807, 2.05) is 6.07 Å². The molecule has 0 aliphatic carbocycles. The van der Waals surface area contributed by atoms with Crippen molar-refractivity contribution in [3.8, 4) is 11.4 Å². The first-order valence-corrected chi connectivity index (χ1v) is 5.28. The van der Waals surface area contributed by atoms with E-state index in [4.69, 9.17) is 16.7 Å². The van der Waals surface area contributed by atoms with Crippen molar-refractivity contribution in [3.63, 3.8) is 0 Å². The van der Waals surface area contributed by atoms with Crippen LogP contribution in [-0.4, -0.2) is 31.3 Å². The highest BCUT2D eigenvalue weighted by molar-refractivity contribution is 6.30. The highest BCUT2D eigenvalue weighted by atomic mass is 35.5. The molecular weight excluding hydrogens is 244 g/mol. The number of carboxylic acids is 1. The molecule has 1 N–H and O–H groups in total. The maximum Gasteiger partial charge on any atom is 0.305 e. The number of tetrazole rings is 1. The quantitative estimate of drug-likeness (QED) is 0.891. The molecule has 2 rings (SSSR count). The zero-order valence-corrected chi connectivity index (χ0v) is 9.50. The van der Waals surface area contributed by atoms with E-state index >= 15 is 0 Å². The molecule has 0 spiro atoms. The second-order valence-corrected chi connectivity index (χ2v) is 3.82. The van der Waals surface area contributed by atoms with Crippen LogP contribution in [0.5, 0.6) is 0 Å². The fraction of sp³-hybridized carbons (Fsp3) is 0.200. The second-order valence-electron chi connectivity index (χ2n) is 3.38. The number of hydrogen-bond acceptors (Lipinski definition) is 4. The summed E-state index contributed by atoms with van der Waals surface area (Å²) in [5, 5.41) is 20.3. The van der Waals surface area contributed by atoms with Crippen LogP contribution in [0.4, 0.5) is 0 Å². The zero-order valence-electron chi connectivity index (χ0n) is 8.75. The second kappa shape index (κ2) is 4.92. The van der Waals surface area contributed by atoms with Crippen molar-refractivity contribution in [1.82, 2.24) is 20.2 Å². The summed E-state index contributed by atoms with van der Waals surface area (Å²) in [5.41, 5.74) is 0.757. The lowest BCUT2D eigenvalue weighted by molar-refractivity contribution is -0.137. The average molecular weight is 253 g/mol. The molecule has 7 heteroatoms. The minimum Gasteiger partial charge on any atom is -0.481 e. The van der Waals surface area contributed by atoms with Crippen LogP contribution >= 0.6 is 11.6 Å². The summed E-state index contributed by atoms with van der Waals surface area (Å²) in [6, 6.07) is 7.07. The van der Waals surface area contributed by atoms with Crippen LogP contribution in [-0.2, 0) is 11.3 Å². The molecule has 6 nitrogen and oxygen atoms in total. The molecule has 88 valence electrons. The van der Waals surface area contributed by atoms with Crippen LogP contribution in [0.25, 0.3) is 11.4 Å². The first-order chi connectivity index (χ1) is 8.16. The molecule has 0 unspecified atom stereocenters. The fourth-order valence-corrected chi connectivity index (χ4v) is 1.58. The van der Waals surface area contributed by atoms with Gasteiger partial charge < -0.3 is 5.11 Å². The molecule has 0 atom stereocenters. The number of benzene rings is 1. The van der Waals surface area contributed by atoms with Gasteiger partial charge in [0.15, 0.2) is 5.82 Å². The number of aromatic nitrogens is 4. The summed E-state index contributed by atoms with van der Waals surface area (Å²) in [6.45, 7) is 0.226. The monoisotopic (exact) mass is 252 g/mol. The molecule has 0 saturated carbocycles. The SMILES string of the molecule is O=C(O)CCn1nnnc1-c1cccc(Cl)c1. The molecule has 0 aliphatic heterocycles. The predicted octanol–water partition coefficient (Wildman–Crippen LogP) is 1.47. The summed E-state index contributed by atoms with van der Waals surface area (Å²) in [6.07, 6.45) is -0.0292. The number of halogens is 1. The van der Waals surface area contributed by atoms with Crippen molar-refractivity contribution in [2.24, 2.45) is 0 Å². The Morgan fingerprint density at radius 3 is 3.00 bits per heavy atom. The number of nitrogens with zero attached hydrogens (tertiary/aromatic N) is 4. The largest absolute Gasteiger partial charge is 0.481 e. The van der Waals surface area contributed by atoms with Crippen LogP contribution in [0.15, 0.2) is 24.3 Å². The van der Waals surface area contributed by atoms with E-state index < -0.39 is 5.97 Å². The van der Waals surface area contributed by atoms with Crippen LogP contribution in [0.1, 0.15) is 6.42 Å². The van der Waals surface area contributed by atoms with Crippen molar-refractivity contribution in [2.75, 3.05) is 0 Å². The Kier molecular flexibility index (Phi) is 3.34. The maximum absolute atomic E-state index is 10.5. The summed E-state index contributed by atoms with van der Waals surface area (Å²) in [7, 11) is 0. The van der Waals surface area contributed by atoms with Crippen LogP contribution in [0.2, 0.25) is 5.02 Å². The molecule has 0 saturated heterocycles. The Hall–Kier alpha value is -1.95. The number of hydrogen-bond donors (Lipinski definition) is 1. The van der Waals surface area contributed by atoms with Crippen molar-refractivity contribution in [1.29, 1.82) is 0 Å². The highest BCUT2D eigenvalue weighted by Gasteiger charge is 2.10. The van der Waals surface area contributed by atoms with Gasteiger partial charge in [-0.25, -0.2) is 4.68 Å². The van der Waals surface area contributed by atoms with Crippen molar-refractivity contribution in [2.45, 2.75) is 13.0 Å². The third kappa shape index (κ3) is 2.79. The Morgan fingerprint density at radius 1 is 1.47 bits per heavy atom. The minimum atomic E-state index is -0.891. The summed E-state index contributed by atoms with van der Waals surface area (Å²) in [5.74, 6) is -0.383. The number of carboxylic acid groups (broad SMARTS) is 1. The normalized spacial score (nSPS) is 10.4. The summed E-state index contributed by atoms with van der Waals surface area (Å²) in [4.78, 5) is 10.5. The lowest BCUT2D eigenvalue weighted by Gasteiger charge is -2.02. The smallest absolute Gasteiger partial charge is 0.305 e. The van der Waals surface area contributed by atoms with Crippen molar-refractivity contribution in [3.05, 3.63) is 29.3 Å². The van der Waals surface area contributed by atoms with Crippen molar-refractivity contribution >= 4 is 17.6 Å². The van der Waals surface area contributed by atoms with Crippen molar-refractivity contribution < 1.29 is 9.90 Å². The van der Waals surface area contributed by atoms with Gasteiger partial charge in [-0.3, -0.25) is 4.79 Å². The number of aryl methyl sites for hydroxylation is 1. The number of aliphatic carboxylic acids is 1. The Labute approximate surface area is 102 Å². The highest BCUT2D eigenvalue weighted by Crippen LogP contribution is 2.19. The van der Waals surface area contributed by atoms with Gasteiger partial charge in [0, 0.05) is 10.6 Å². The van der Waals surface area contributed by atoms with E-state index in [-0.39, 0.29) is 13.0 Å². The van der Waals surface area contributed by atoms with Gasteiger partial charge in [0.05, 0.1) is 13.0 Å². The molecule has 0 aliphatic rings. The average Bonchev–Trinajstić information content (AvgIpc) is 2.74. The molecule has 1 aromatic heterocycles. The van der Waals surface area contributed by atoms with Gasteiger partial charge in [-0.1, -0.05) is 23.7 Å². The lowest BCUT2D eigenvalue weighted by atomic mass is 10.2. The van der Waals surface area contributed by atoms with Gasteiger partial charge >= 0.3 is 5.97 Å². The van der Waals surface area contributed by atoms with E-state index in [0.29, 0.717) is 10.8 Å². The van der Waals surface area contributed by atoms with Crippen LogP contribution in [0.3, 0.4) is 0 Å². The van der Waals surface area contributed by atoms with Gasteiger partial charge in [0.2, 0.25) is 0 Å². The Balaban J connectivity index is 2.27. The van der Waals surface area contributed by atoms with Gasteiger partial charge in [-0.2, -0.15) is 0 Å². The van der Waals surface area contributed by atoms with E-state index in [0.717, 1.165) is 5.56 Å². The van der Waals surface area contributed by atoms with Gasteiger partial charge in [0.1, 0.15) is 0 Å². The number of rotatable bonds is 4. The van der Waals surface area contributed by atoms with Crippen LogP contribution in [0, 0.1) is 0 Å². The molecule has 1 aromatic carbocycles. The van der Waals surface area contributed by atoms with E-state index in [9.17, 15) is 4.79 Å². The first kappa shape index (κ1) is 11.5. The zero-order chi connectivity index (χ0) is 12.3. The van der Waals surface area contributed by atoms with Gasteiger partial charge in [-0.05, 0) is 22.6 Å². The minimum absolute atomic E-state index is 0.0292. The molecule has 17 heavy (non-hydrogen) atoms. The van der Waals surface area contributed by atoms with E-state index in [1.54, 1.807) is 18.2 Å². The molecule has 0 bridgehead atoms. The molecule has 2 aromatic rings. The van der Waals surface area contributed by atoms with Crippen LogP contribution < -0.4 is 0 Å². The third-order valence-electron chi connectivity index (χ3n) is 2.15. The molecule has 0 amide bonds. The van der Waals surface area contributed by atoms with Gasteiger partial charge in [-0.15, -0.1) is 5.10 Å². The lowest BCUT2D eigenvalue weighted by Crippen LogP contribution is -2.07. The summed E-state index contributed by atoms with van der Waals surface area (Å²) < 4.78 is 1.44. The van der Waals surface area contributed by atoms with E-state index in [2.05, 4.69) is 15.5 Å². The molecule has 0 fully saturated rings. The topological polar surface area (TPSA) is 80.9 Å². The molecule has 0 radical (unpaired) electrons. The van der Waals surface area contributed by atoms with Gasteiger partial charge in [0.25, 0.3) is 0 Å². The first-order valence-electron chi connectivity index (χ1n) is 4.91. The standard InChI is InChI=1S/C10H9ClN4O2/c11-8-3-1-2-7(6-8)10-12-13-14-15(10)5-4-9(16)17/h1-3,6H,4-5H2,(H,16,17). The summed E-state index contributed by atoms with van der Waals surface area (Å²) >= 11 is 5.87. The van der Waals surface area contributed by atoms with E-state index in [1.165, 1.54) is 4.68 Å². The molecule has 1 heterocycles. The molecular formula is C10H9ClN4O2.